The van der Waals surface area contributed by atoms with Gasteiger partial charge in [-0.2, -0.15) is 4.57 Å². The number of nitrogen functional groups attached to an aromatic ring is 1. The molecule has 20 nitrogen and oxygen atoms in total. The maximum Gasteiger partial charge on any atom is 0.340 e. The zero-order chi connectivity index (χ0) is 35.8. The minimum Gasteiger partial charge on any atom is -0.382 e. The molecule has 0 aliphatic carbocycles. The molecule has 50 heavy (non-hydrogen) atoms. The third kappa shape index (κ3) is 6.96. The molecule has 3 aromatic heterocycles. The fraction of sp³-hybridized carbons (Fsp3) is 0.607. The Bertz CT molecular complexity index is 1890. The van der Waals surface area contributed by atoms with Crippen LogP contribution in [0.5, 0.6) is 0 Å². The van der Waals surface area contributed by atoms with Crippen molar-refractivity contribution in [1.29, 1.82) is 0 Å². The first kappa shape index (κ1) is 35.4. The van der Waals surface area contributed by atoms with Crippen molar-refractivity contribution in [3.63, 3.8) is 0 Å². The number of anilines is 1. The highest BCUT2D eigenvalue weighted by Gasteiger charge is 2.60. The van der Waals surface area contributed by atoms with Gasteiger partial charge in [-0.1, -0.05) is 0 Å². The van der Waals surface area contributed by atoms with Crippen LogP contribution in [0.3, 0.4) is 0 Å². The van der Waals surface area contributed by atoms with Crippen LogP contribution in [0.1, 0.15) is 50.5 Å². The summed E-state index contributed by atoms with van der Waals surface area (Å²) in [5, 5.41) is 0. The van der Waals surface area contributed by atoms with Gasteiger partial charge < -0.3 is 58.7 Å². The van der Waals surface area contributed by atoms with Crippen LogP contribution in [0.2, 0.25) is 0 Å². The third-order valence-electron chi connectivity index (χ3n) is 8.55. The van der Waals surface area contributed by atoms with Crippen LogP contribution < -0.4 is 16.0 Å². The monoisotopic (exact) mass is 742 g/mol. The van der Waals surface area contributed by atoms with E-state index in [0.717, 1.165) is 0 Å². The van der Waals surface area contributed by atoms with Gasteiger partial charge in [-0.3, -0.25) is 18.5 Å². The minimum atomic E-state index is -4.75. The topological polar surface area (TPSA) is 265 Å². The zero-order valence-electron chi connectivity index (χ0n) is 27.4. The predicted octanol–water partition coefficient (Wildman–Crippen LogP) is 0.692. The number of amides is 1. The minimum absolute atomic E-state index is 0.171. The summed E-state index contributed by atoms with van der Waals surface area (Å²) in [5.41, 5.74) is 12.3. The van der Waals surface area contributed by atoms with E-state index in [0.29, 0.717) is 11.2 Å². The Kier molecular flexibility index (Phi) is 8.94. The number of nitrogens with zero attached hydrogens (tertiary/aromatic N) is 5. The molecular formula is C28H38N7O13P2+. The largest absolute Gasteiger partial charge is 0.382 e. The summed E-state index contributed by atoms with van der Waals surface area (Å²) >= 11 is 0. The Morgan fingerprint density at radius 1 is 0.940 bits per heavy atom. The van der Waals surface area contributed by atoms with Crippen molar-refractivity contribution in [1.82, 2.24) is 19.5 Å². The summed E-state index contributed by atoms with van der Waals surface area (Å²) in [4.78, 5) is 45.6. The highest BCUT2D eigenvalue weighted by atomic mass is 31.2. The van der Waals surface area contributed by atoms with Gasteiger partial charge in [0.25, 0.3) is 12.1 Å². The first-order valence-electron chi connectivity index (χ1n) is 15.6. The molecule has 7 rings (SSSR count). The van der Waals surface area contributed by atoms with Crippen molar-refractivity contribution < 1.29 is 65.7 Å². The van der Waals surface area contributed by atoms with Crippen molar-refractivity contribution in [2.75, 3.05) is 24.9 Å². The molecule has 4 aliphatic rings. The van der Waals surface area contributed by atoms with Crippen LogP contribution in [0.4, 0.5) is 5.82 Å². The molecule has 10 atom stereocenters. The number of fused-ring (bicyclic) bond motifs is 3. The number of carbonyl (C=O) groups is 1. The van der Waals surface area contributed by atoms with E-state index in [2.05, 4.69) is 15.0 Å². The number of carbonyl (C=O) groups excluding carboxylic acids is 1. The van der Waals surface area contributed by atoms with Gasteiger partial charge in [0.1, 0.15) is 47.9 Å². The van der Waals surface area contributed by atoms with E-state index in [9.17, 15) is 23.7 Å². The Balaban J connectivity index is 0.998. The first-order chi connectivity index (χ1) is 23.4. The van der Waals surface area contributed by atoms with E-state index in [1.54, 1.807) is 49.1 Å². The number of ether oxygens (including phenoxy) is 6. The molecule has 4 fully saturated rings. The summed E-state index contributed by atoms with van der Waals surface area (Å²) < 4.78 is 76.5. The predicted molar refractivity (Wildman–Crippen MR) is 167 cm³/mol. The average molecular weight is 743 g/mol. The zero-order valence-corrected chi connectivity index (χ0v) is 29.2. The molecule has 22 heteroatoms. The van der Waals surface area contributed by atoms with E-state index < -0.39 is 101 Å². The maximum atomic E-state index is 13.1. The standard InChI is InChI=1S/C28H37N7O13P2/c1-27(2)45-18-15(43-25(20(18)47-27)34-7-5-6-14(8-34)23(30)36)9-41-49(37,38)13-50(39,40)42-10-16-19-21(48-28(3,4)46-19)26(44-16)35-12-33-17-22(29)31-11-32-24(17)35/h5-8,11-12,15-16,18-21,25-26H,9-10,13H2,1-4H3,(H5-,29,30,31,32,36,37,38,39,40)/p+1/t15-,16-,18-,19-,20-,21-,25-,26-/m1/s1. The van der Waals surface area contributed by atoms with E-state index >= 15 is 0 Å². The smallest absolute Gasteiger partial charge is 0.340 e. The normalized spacial score (nSPS) is 33.6. The molecule has 3 aromatic rings. The number of hydrogen-bond acceptors (Lipinski definition) is 15. The van der Waals surface area contributed by atoms with E-state index in [4.69, 9.17) is 48.9 Å². The van der Waals surface area contributed by atoms with E-state index in [-0.39, 0.29) is 11.4 Å². The lowest BCUT2D eigenvalue weighted by atomic mass is 10.1. The lowest BCUT2D eigenvalue weighted by Crippen LogP contribution is -2.46. The highest BCUT2D eigenvalue weighted by Crippen LogP contribution is 2.59. The van der Waals surface area contributed by atoms with Crippen LogP contribution in [0.25, 0.3) is 11.2 Å². The fourth-order valence-electron chi connectivity index (χ4n) is 6.59. The molecule has 0 radical (unpaired) electrons. The van der Waals surface area contributed by atoms with Gasteiger partial charge in [0, 0.05) is 6.07 Å². The van der Waals surface area contributed by atoms with Crippen LogP contribution in [-0.2, 0) is 46.6 Å². The SMILES string of the molecule is CC1(C)O[C@@H]2[C@H](O1)[C@@H](COP(=O)(O)CP(=O)(O)OC[C@H]1O[C@@H]([n+]3cccc(C(N)=O)c3)[C@@H]3OC(C)(C)O[C@@H]31)O[C@H]2n1cnc2c(N)ncnc21. The third-order valence-corrected chi connectivity index (χ3v) is 12.5. The number of rotatable bonds is 11. The average Bonchev–Trinajstić information content (AvgIpc) is 3.80. The molecule has 272 valence electrons. The van der Waals surface area contributed by atoms with Crippen molar-refractivity contribution in [2.45, 2.75) is 88.3 Å². The van der Waals surface area contributed by atoms with Crippen LogP contribution in [0, 0.1) is 0 Å². The number of primary amides is 1. The molecule has 2 unspecified atom stereocenters. The Hall–Kier alpha value is -2.97. The Morgan fingerprint density at radius 3 is 2.20 bits per heavy atom. The van der Waals surface area contributed by atoms with E-state index in [1.807, 2.05) is 0 Å². The fourth-order valence-corrected chi connectivity index (χ4v) is 9.81. The number of imidazole rings is 1. The molecule has 0 spiro atoms. The van der Waals surface area contributed by atoms with Gasteiger partial charge in [-0.25, -0.2) is 15.0 Å². The molecule has 0 saturated carbocycles. The molecular weight excluding hydrogens is 704 g/mol. The lowest BCUT2D eigenvalue weighted by molar-refractivity contribution is -0.766. The van der Waals surface area contributed by atoms with Crippen LogP contribution >= 0.6 is 15.2 Å². The van der Waals surface area contributed by atoms with Gasteiger partial charge in [0.15, 0.2) is 53.7 Å². The summed E-state index contributed by atoms with van der Waals surface area (Å²) in [6, 6.07) is 3.15. The summed E-state index contributed by atoms with van der Waals surface area (Å²) in [7, 11) is -9.51. The molecule has 0 bridgehead atoms. The summed E-state index contributed by atoms with van der Waals surface area (Å²) in [6.45, 7) is 5.83. The Morgan fingerprint density at radius 2 is 1.54 bits per heavy atom. The number of hydrogen-bond donors (Lipinski definition) is 4. The van der Waals surface area contributed by atoms with Gasteiger partial charge in [-0.05, 0) is 33.8 Å². The molecule has 1 amide bonds. The molecule has 4 saturated heterocycles. The molecule has 6 N–H and O–H groups in total. The first-order valence-corrected chi connectivity index (χ1v) is 19.1. The van der Waals surface area contributed by atoms with Crippen molar-refractivity contribution >= 4 is 38.1 Å². The van der Waals surface area contributed by atoms with Gasteiger partial charge in [0.2, 0.25) is 0 Å². The van der Waals surface area contributed by atoms with Crippen LogP contribution in [0.15, 0.2) is 37.2 Å². The van der Waals surface area contributed by atoms with E-state index in [1.165, 1.54) is 24.9 Å². The molecule has 7 heterocycles. The second-order valence-electron chi connectivity index (χ2n) is 13.3. The summed E-state index contributed by atoms with van der Waals surface area (Å²) in [5.74, 6) is -3.74. The van der Waals surface area contributed by atoms with Crippen molar-refractivity contribution in [3.05, 3.63) is 42.7 Å². The highest BCUT2D eigenvalue weighted by molar-refractivity contribution is 7.70. The van der Waals surface area contributed by atoms with Crippen molar-refractivity contribution in [2.24, 2.45) is 5.73 Å². The maximum absolute atomic E-state index is 13.1. The Labute approximate surface area is 284 Å². The lowest BCUT2D eigenvalue weighted by Gasteiger charge is -2.25. The van der Waals surface area contributed by atoms with Crippen molar-refractivity contribution in [3.8, 4) is 0 Å². The van der Waals surface area contributed by atoms with Gasteiger partial charge >= 0.3 is 15.2 Å². The van der Waals surface area contributed by atoms with Gasteiger partial charge in [-0.15, -0.1) is 0 Å². The second-order valence-corrected chi connectivity index (χ2v) is 17.5. The van der Waals surface area contributed by atoms with Gasteiger partial charge in [0.05, 0.1) is 19.5 Å². The number of pyridine rings is 1. The number of aromatic nitrogens is 5. The number of nitrogens with two attached hydrogens (primary N) is 2. The molecule has 0 aromatic carbocycles. The van der Waals surface area contributed by atoms with Crippen LogP contribution in [-0.4, -0.2) is 103 Å². The quantitative estimate of drug-likeness (QED) is 0.155. The molecule has 4 aliphatic heterocycles. The summed E-state index contributed by atoms with van der Waals surface area (Å²) in [6.07, 6.45) is -0.499. The second kappa shape index (κ2) is 12.6.